The highest BCUT2D eigenvalue weighted by Gasteiger charge is 2.28. The first-order chi connectivity index (χ1) is 10.8. The lowest BCUT2D eigenvalue weighted by atomic mass is 10.0. The number of rotatable bonds is 9. The Kier molecular flexibility index (Phi) is 7.67. The summed E-state index contributed by atoms with van der Waals surface area (Å²) in [5, 5.41) is 5.04. The molecule has 8 nitrogen and oxygen atoms in total. The van der Waals surface area contributed by atoms with E-state index < -0.39 is 17.9 Å². The van der Waals surface area contributed by atoms with Gasteiger partial charge in [0, 0.05) is 6.42 Å². The molecule has 3 amide bonds. The van der Waals surface area contributed by atoms with E-state index in [0.717, 1.165) is 19.4 Å². The second-order valence-corrected chi connectivity index (χ2v) is 5.86. The van der Waals surface area contributed by atoms with E-state index in [0.29, 0.717) is 6.42 Å². The average molecular weight is 326 g/mol. The Morgan fingerprint density at radius 3 is 2.52 bits per heavy atom. The summed E-state index contributed by atoms with van der Waals surface area (Å²) in [6.07, 6.45) is 2.37. The lowest BCUT2D eigenvalue weighted by Gasteiger charge is -2.19. The third-order valence-corrected chi connectivity index (χ3v) is 3.87. The van der Waals surface area contributed by atoms with Crippen LogP contribution in [0.3, 0.4) is 0 Å². The first-order valence-corrected chi connectivity index (χ1v) is 7.93. The minimum absolute atomic E-state index is 0.202. The van der Waals surface area contributed by atoms with Crippen molar-refractivity contribution in [2.45, 2.75) is 51.1 Å². The number of nitrogens with two attached hydrogens (primary N) is 1. The number of hydrogen-bond donors (Lipinski definition) is 3. The molecule has 130 valence electrons. The molecule has 8 heteroatoms. The Balaban J connectivity index is 2.46. The van der Waals surface area contributed by atoms with Crippen LogP contribution >= 0.6 is 0 Å². The lowest BCUT2D eigenvalue weighted by Crippen LogP contribution is -2.49. The molecule has 0 aromatic carbocycles. The Bertz CT molecular complexity index is 466. The van der Waals surface area contributed by atoms with Crippen molar-refractivity contribution in [2.24, 2.45) is 5.73 Å². The average Bonchev–Trinajstić information content (AvgIpc) is 2.90. The number of Topliss-reactive ketones (excluding diaryl/α,β-unsaturated/α-hetero) is 1. The third-order valence-electron chi connectivity index (χ3n) is 3.87. The Morgan fingerprint density at radius 1 is 1.30 bits per heavy atom. The predicted octanol–water partition coefficient (Wildman–Crippen LogP) is -1.07. The van der Waals surface area contributed by atoms with Gasteiger partial charge >= 0.3 is 0 Å². The summed E-state index contributed by atoms with van der Waals surface area (Å²) in [5.74, 6) is -1.60. The summed E-state index contributed by atoms with van der Waals surface area (Å²) in [7, 11) is 1.86. The molecule has 1 rings (SSSR count). The number of carbonyl (C=O) groups is 4. The standard InChI is InChI=1S/C15H26N4O4/c1-3-5-12(20)10(8-13(16)21)18-14(22)9-17-15(23)11-6-4-7-19(11)2/h10-11H,3-9H2,1-2H3,(H2,16,21)(H,17,23)(H,18,22). The van der Waals surface area contributed by atoms with E-state index in [1.807, 2.05) is 18.9 Å². The van der Waals surface area contributed by atoms with Gasteiger partial charge in [0.05, 0.1) is 25.0 Å². The maximum Gasteiger partial charge on any atom is 0.239 e. The van der Waals surface area contributed by atoms with Gasteiger partial charge in [-0.2, -0.15) is 0 Å². The fraction of sp³-hybridized carbons (Fsp3) is 0.733. The van der Waals surface area contributed by atoms with Crippen LogP contribution in [0.4, 0.5) is 0 Å². The summed E-state index contributed by atoms with van der Waals surface area (Å²) in [5.41, 5.74) is 5.11. The highest BCUT2D eigenvalue weighted by Crippen LogP contribution is 2.14. The van der Waals surface area contributed by atoms with Gasteiger partial charge in [-0.15, -0.1) is 0 Å². The van der Waals surface area contributed by atoms with Gasteiger partial charge in [0.25, 0.3) is 0 Å². The van der Waals surface area contributed by atoms with E-state index in [9.17, 15) is 19.2 Å². The molecule has 2 atom stereocenters. The van der Waals surface area contributed by atoms with Gasteiger partial charge in [-0.25, -0.2) is 0 Å². The number of nitrogens with one attached hydrogen (secondary N) is 2. The maximum absolute atomic E-state index is 12.0. The Morgan fingerprint density at radius 2 is 2.00 bits per heavy atom. The fourth-order valence-corrected chi connectivity index (χ4v) is 2.64. The van der Waals surface area contributed by atoms with Crippen molar-refractivity contribution in [1.82, 2.24) is 15.5 Å². The second kappa shape index (κ2) is 9.24. The molecule has 0 bridgehead atoms. The minimum Gasteiger partial charge on any atom is -0.370 e. The second-order valence-electron chi connectivity index (χ2n) is 5.86. The number of likely N-dealkylation sites (tertiary alicyclic amines) is 1. The molecule has 0 spiro atoms. The summed E-state index contributed by atoms with van der Waals surface area (Å²) in [4.78, 5) is 48.7. The molecule has 0 aromatic heterocycles. The Labute approximate surface area is 136 Å². The predicted molar refractivity (Wildman–Crippen MR) is 84.3 cm³/mol. The summed E-state index contributed by atoms with van der Waals surface area (Å²) in [6, 6.07) is -1.14. The van der Waals surface area contributed by atoms with Crippen LogP contribution in [0.5, 0.6) is 0 Å². The summed E-state index contributed by atoms with van der Waals surface area (Å²) >= 11 is 0. The van der Waals surface area contributed by atoms with Crippen molar-refractivity contribution >= 4 is 23.5 Å². The van der Waals surface area contributed by atoms with E-state index >= 15 is 0 Å². The zero-order chi connectivity index (χ0) is 17.4. The van der Waals surface area contributed by atoms with Crippen molar-refractivity contribution in [2.75, 3.05) is 20.1 Å². The largest absolute Gasteiger partial charge is 0.370 e. The topological polar surface area (TPSA) is 122 Å². The van der Waals surface area contributed by atoms with Crippen LogP contribution in [-0.2, 0) is 19.2 Å². The van der Waals surface area contributed by atoms with E-state index in [2.05, 4.69) is 10.6 Å². The zero-order valence-corrected chi connectivity index (χ0v) is 13.8. The van der Waals surface area contributed by atoms with E-state index in [4.69, 9.17) is 5.73 Å². The van der Waals surface area contributed by atoms with Gasteiger partial charge in [-0.05, 0) is 32.9 Å². The van der Waals surface area contributed by atoms with Gasteiger partial charge in [-0.1, -0.05) is 6.92 Å². The lowest BCUT2D eigenvalue weighted by molar-refractivity contribution is -0.131. The van der Waals surface area contributed by atoms with Crippen LogP contribution in [0.1, 0.15) is 39.0 Å². The molecule has 0 aromatic rings. The molecule has 1 saturated heterocycles. The maximum atomic E-state index is 12.0. The van der Waals surface area contributed by atoms with Gasteiger partial charge in [0.15, 0.2) is 5.78 Å². The van der Waals surface area contributed by atoms with Crippen LogP contribution in [0.25, 0.3) is 0 Å². The van der Waals surface area contributed by atoms with Crippen molar-refractivity contribution < 1.29 is 19.2 Å². The number of carbonyl (C=O) groups excluding carboxylic acids is 4. The van der Waals surface area contributed by atoms with Crippen LogP contribution in [0.15, 0.2) is 0 Å². The molecule has 1 aliphatic heterocycles. The minimum atomic E-state index is -0.925. The van der Waals surface area contributed by atoms with Crippen LogP contribution in [-0.4, -0.2) is 60.6 Å². The van der Waals surface area contributed by atoms with E-state index in [1.165, 1.54) is 0 Å². The SMILES string of the molecule is CCCC(=O)C(CC(N)=O)NC(=O)CNC(=O)C1CCCN1C. The highest BCUT2D eigenvalue weighted by atomic mass is 16.2. The summed E-state index contributed by atoms with van der Waals surface area (Å²) in [6.45, 7) is 2.47. The van der Waals surface area contributed by atoms with Crippen molar-refractivity contribution in [3.8, 4) is 0 Å². The number of ketones is 1. The molecular weight excluding hydrogens is 300 g/mol. The highest BCUT2D eigenvalue weighted by molar-refractivity contribution is 5.94. The van der Waals surface area contributed by atoms with Crippen LogP contribution in [0.2, 0.25) is 0 Å². The number of likely N-dealkylation sites (N-methyl/N-ethyl adjacent to an activating group) is 1. The zero-order valence-electron chi connectivity index (χ0n) is 13.8. The van der Waals surface area contributed by atoms with Crippen molar-refractivity contribution in [3.05, 3.63) is 0 Å². The first kappa shape index (κ1) is 19.1. The molecule has 23 heavy (non-hydrogen) atoms. The van der Waals surface area contributed by atoms with Crippen LogP contribution in [0, 0.1) is 0 Å². The van der Waals surface area contributed by atoms with E-state index in [1.54, 1.807) is 0 Å². The van der Waals surface area contributed by atoms with Gasteiger partial charge in [0.2, 0.25) is 17.7 Å². The molecule has 1 fully saturated rings. The smallest absolute Gasteiger partial charge is 0.239 e. The number of primary amides is 1. The monoisotopic (exact) mass is 326 g/mol. The molecule has 2 unspecified atom stereocenters. The summed E-state index contributed by atoms with van der Waals surface area (Å²) < 4.78 is 0. The van der Waals surface area contributed by atoms with E-state index in [-0.39, 0.29) is 37.1 Å². The number of nitrogens with zero attached hydrogens (tertiary/aromatic N) is 1. The molecule has 0 radical (unpaired) electrons. The number of amides is 3. The van der Waals surface area contributed by atoms with Gasteiger partial charge < -0.3 is 16.4 Å². The van der Waals surface area contributed by atoms with Gasteiger partial charge in [-0.3, -0.25) is 24.1 Å². The molecule has 1 heterocycles. The molecule has 1 aliphatic rings. The molecule has 0 saturated carbocycles. The van der Waals surface area contributed by atoms with Crippen molar-refractivity contribution in [3.63, 3.8) is 0 Å². The molecular formula is C15H26N4O4. The van der Waals surface area contributed by atoms with Crippen LogP contribution < -0.4 is 16.4 Å². The fourth-order valence-electron chi connectivity index (χ4n) is 2.64. The first-order valence-electron chi connectivity index (χ1n) is 7.93. The molecule has 0 aliphatic carbocycles. The Hall–Kier alpha value is -1.96. The molecule has 4 N–H and O–H groups in total. The quantitative estimate of drug-likeness (QED) is 0.498. The van der Waals surface area contributed by atoms with Gasteiger partial charge in [0.1, 0.15) is 0 Å². The van der Waals surface area contributed by atoms with Crippen molar-refractivity contribution in [1.29, 1.82) is 0 Å². The third kappa shape index (κ3) is 6.35. The number of hydrogen-bond acceptors (Lipinski definition) is 5. The normalized spacial score (nSPS) is 19.1.